The molecule has 0 bridgehead atoms. The molecule has 0 spiro atoms. The highest BCUT2D eigenvalue weighted by atomic mass is 35.5. The second-order valence-corrected chi connectivity index (χ2v) is 9.41. The van der Waals surface area contributed by atoms with Crippen molar-refractivity contribution in [1.29, 1.82) is 0 Å². The van der Waals surface area contributed by atoms with Gasteiger partial charge in [-0.05, 0) is 50.6 Å². The van der Waals surface area contributed by atoms with Gasteiger partial charge in [0.15, 0.2) is 0 Å². The van der Waals surface area contributed by atoms with Crippen LogP contribution in [0.3, 0.4) is 0 Å². The summed E-state index contributed by atoms with van der Waals surface area (Å²) in [5, 5.41) is 8.65. The molecule has 0 atom stereocenters. The number of pyridine rings is 1. The van der Waals surface area contributed by atoms with Crippen LogP contribution in [-0.2, 0) is 0 Å². The molecule has 9 nitrogen and oxygen atoms in total. The zero-order chi connectivity index (χ0) is 23.3. The summed E-state index contributed by atoms with van der Waals surface area (Å²) in [6.45, 7) is 7.31. The van der Waals surface area contributed by atoms with Gasteiger partial charge >= 0.3 is 0 Å². The van der Waals surface area contributed by atoms with Gasteiger partial charge in [-0.15, -0.1) is 0 Å². The molecule has 2 aliphatic heterocycles. The molecule has 0 unspecified atom stereocenters. The average Bonchev–Trinajstić information content (AvgIpc) is 2.87. The Hall–Kier alpha value is -2.91. The zero-order valence-electron chi connectivity index (χ0n) is 19.7. The van der Waals surface area contributed by atoms with E-state index in [4.69, 9.17) is 26.6 Å². The van der Waals surface area contributed by atoms with E-state index in [1.807, 2.05) is 24.3 Å². The number of benzene rings is 1. The van der Waals surface area contributed by atoms with Gasteiger partial charge in [-0.25, -0.2) is 0 Å². The number of hydrogen-bond acceptors (Lipinski definition) is 9. The number of piperazine rings is 1. The molecule has 0 radical (unpaired) electrons. The molecule has 10 heteroatoms. The number of rotatable bonds is 7. The van der Waals surface area contributed by atoms with E-state index in [9.17, 15) is 0 Å². The third-order valence-corrected chi connectivity index (χ3v) is 6.70. The molecule has 2 aromatic heterocycles. The highest BCUT2D eigenvalue weighted by Gasteiger charge is 2.21. The Balaban J connectivity index is 1.27. The maximum Gasteiger partial charge on any atom is 0.232 e. The fourth-order valence-corrected chi connectivity index (χ4v) is 4.63. The fraction of sp³-hybridized carbons (Fsp3) is 0.500. The van der Waals surface area contributed by atoms with Crippen molar-refractivity contribution < 1.29 is 0 Å². The van der Waals surface area contributed by atoms with E-state index in [0.717, 1.165) is 74.3 Å². The molecular formula is C24H32ClN9. The first-order valence-corrected chi connectivity index (χ1v) is 12.5. The lowest BCUT2D eigenvalue weighted by Crippen LogP contribution is -2.45. The Morgan fingerprint density at radius 1 is 0.824 bits per heavy atom. The van der Waals surface area contributed by atoms with Crippen LogP contribution >= 0.6 is 11.6 Å². The molecule has 0 saturated carbocycles. The Morgan fingerprint density at radius 2 is 1.53 bits per heavy atom. The third kappa shape index (κ3) is 5.42. The highest BCUT2D eigenvalue weighted by molar-refractivity contribution is 6.31. The second-order valence-electron chi connectivity index (χ2n) is 8.97. The van der Waals surface area contributed by atoms with Crippen molar-refractivity contribution in [2.45, 2.75) is 19.3 Å². The summed E-state index contributed by atoms with van der Waals surface area (Å²) in [7, 11) is 2.16. The number of aromatic nitrogens is 4. The molecule has 2 aliphatic rings. The maximum atomic E-state index is 6.11. The van der Waals surface area contributed by atoms with Crippen LogP contribution in [0, 0.1) is 0 Å². The first kappa shape index (κ1) is 22.9. The molecule has 0 aliphatic carbocycles. The van der Waals surface area contributed by atoms with Crippen molar-refractivity contribution in [2.24, 2.45) is 0 Å². The van der Waals surface area contributed by atoms with Crippen molar-refractivity contribution in [2.75, 3.05) is 79.8 Å². The van der Waals surface area contributed by atoms with E-state index in [1.165, 1.54) is 19.3 Å². The minimum absolute atomic E-state index is 0.637. The van der Waals surface area contributed by atoms with Crippen molar-refractivity contribution in [3.8, 4) is 0 Å². The van der Waals surface area contributed by atoms with Crippen LogP contribution in [-0.4, -0.2) is 84.2 Å². The normalized spacial score (nSPS) is 17.2. The second kappa shape index (κ2) is 10.6. The summed E-state index contributed by atoms with van der Waals surface area (Å²) in [4.78, 5) is 25.7. The Bertz CT molecular complexity index is 1110. The molecule has 2 N–H and O–H groups in total. The quantitative estimate of drug-likeness (QED) is 0.493. The summed E-state index contributed by atoms with van der Waals surface area (Å²) in [5.74, 6) is 2.20. The van der Waals surface area contributed by atoms with Crippen LogP contribution < -0.4 is 20.4 Å². The standard InChI is InChI=1S/C24H32ClN9/c1-32-13-15-34(16-14-32)24-30-22(29-23(31-24)33-11-3-2-4-12-33)28-10-9-27-20-7-8-26-21-17-18(25)5-6-19(20)21/h5-8,17H,2-4,9-16H2,1H3,(H,26,27)(H,28,29,30,31). The van der Waals surface area contributed by atoms with Gasteiger partial charge in [0.1, 0.15) is 0 Å². The van der Waals surface area contributed by atoms with Crippen molar-refractivity contribution >= 4 is 46.0 Å². The fourth-order valence-electron chi connectivity index (χ4n) is 4.46. The summed E-state index contributed by atoms with van der Waals surface area (Å²) in [6.07, 6.45) is 5.45. The highest BCUT2D eigenvalue weighted by Crippen LogP contribution is 2.24. The van der Waals surface area contributed by atoms with Crippen molar-refractivity contribution in [3.63, 3.8) is 0 Å². The Labute approximate surface area is 205 Å². The largest absolute Gasteiger partial charge is 0.383 e. The number of likely N-dealkylation sites (N-methyl/N-ethyl adjacent to an activating group) is 1. The minimum atomic E-state index is 0.637. The smallest absolute Gasteiger partial charge is 0.232 e. The molecule has 180 valence electrons. The van der Waals surface area contributed by atoms with Crippen LogP contribution in [0.2, 0.25) is 5.02 Å². The zero-order valence-corrected chi connectivity index (χ0v) is 20.4. The number of piperidine rings is 1. The van der Waals surface area contributed by atoms with Gasteiger partial charge in [-0.1, -0.05) is 11.6 Å². The summed E-state index contributed by atoms with van der Waals surface area (Å²) in [6, 6.07) is 7.76. The lowest BCUT2D eigenvalue weighted by molar-refractivity contribution is 0.311. The van der Waals surface area contributed by atoms with Gasteiger partial charge in [-0.2, -0.15) is 15.0 Å². The van der Waals surface area contributed by atoms with E-state index in [2.05, 4.69) is 37.4 Å². The van der Waals surface area contributed by atoms with Crippen LogP contribution in [0.25, 0.3) is 10.9 Å². The summed E-state index contributed by atoms with van der Waals surface area (Å²) >= 11 is 6.11. The van der Waals surface area contributed by atoms with Gasteiger partial charge in [-0.3, -0.25) is 4.98 Å². The van der Waals surface area contributed by atoms with Gasteiger partial charge in [0.2, 0.25) is 17.8 Å². The third-order valence-electron chi connectivity index (χ3n) is 6.47. The van der Waals surface area contributed by atoms with E-state index in [-0.39, 0.29) is 0 Å². The molecule has 2 saturated heterocycles. The Morgan fingerprint density at radius 3 is 2.29 bits per heavy atom. The van der Waals surface area contributed by atoms with Crippen LogP contribution in [0.15, 0.2) is 30.5 Å². The Kier molecular flexibility index (Phi) is 7.10. The molecule has 3 aromatic rings. The SMILES string of the molecule is CN1CCN(c2nc(NCCNc3ccnc4cc(Cl)ccc34)nc(N3CCCCC3)n2)CC1. The molecule has 5 rings (SSSR count). The predicted molar refractivity (Wildman–Crippen MR) is 139 cm³/mol. The number of hydrogen-bond donors (Lipinski definition) is 2. The topological polar surface area (TPSA) is 85.3 Å². The summed E-state index contributed by atoms with van der Waals surface area (Å²) < 4.78 is 0. The number of nitrogens with zero attached hydrogens (tertiary/aromatic N) is 7. The average molecular weight is 482 g/mol. The maximum absolute atomic E-state index is 6.11. The van der Waals surface area contributed by atoms with Crippen LogP contribution in [0.4, 0.5) is 23.5 Å². The number of anilines is 4. The van der Waals surface area contributed by atoms with Crippen molar-refractivity contribution in [1.82, 2.24) is 24.8 Å². The lowest BCUT2D eigenvalue weighted by Gasteiger charge is -2.33. The molecule has 34 heavy (non-hydrogen) atoms. The molecule has 4 heterocycles. The van der Waals surface area contributed by atoms with E-state index >= 15 is 0 Å². The minimum Gasteiger partial charge on any atom is -0.383 e. The first-order valence-electron chi connectivity index (χ1n) is 12.1. The van der Waals surface area contributed by atoms with Gasteiger partial charge in [0.25, 0.3) is 0 Å². The number of nitrogens with one attached hydrogen (secondary N) is 2. The monoisotopic (exact) mass is 481 g/mol. The van der Waals surface area contributed by atoms with Crippen molar-refractivity contribution in [3.05, 3.63) is 35.5 Å². The molecule has 1 aromatic carbocycles. The van der Waals surface area contributed by atoms with Gasteiger partial charge < -0.3 is 25.3 Å². The number of halogens is 1. The lowest BCUT2D eigenvalue weighted by atomic mass is 10.1. The van der Waals surface area contributed by atoms with E-state index < -0.39 is 0 Å². The summed E-state index contributed by atoms with van der Waals surface area (Å²) in [5.41, 5.74) is 1.91. The predicted octanol–water partition coefficient (Wildman–Crippen LogP) is 3.34. The molecule has 2 fully saturated rings. The van der Waals surface area contributed by atoms with Gasteiger partial charge in [0, 0.05) is 74.7 Å². The van der Waals surface area contributed by atoms with Crippen LogP contribution in [0.5, 0.6) is 0 Å². The van der Waals surface area contributed by atoms with Gasteiger partial charge in [0.05, 0.1) is 5.52 Å². The molecule has 0 amide bonds. The van der Waals surface area contributed by atoms with Crippen LogP contribution in [0.1, 0.15) is 19.3 Å². The molecular weight excluding hydrogens is 450 g/mol. The van der Waals surface area contributed by atoms with E-state index in [0.29, 0.717) is 17.5 Å². The number of fused-ring (bicyclic) bond motifs is 1. The first-order chi connectivity index (χ1) is 16.7. The van der Waals surface area contributed by atoms with E-state index in [1.54, 1.807) is 6.20 Å².